The minimum Gasteiger partial charge on any atom is -0.339 e. The number of halogens is 1. The van der Waals surface area contributed by atoms with Crippen molar-refractivity contribution in [3.63, 3.8) is 0 Å². The van der Waals surface area contributed by atoms with Crippen molar-refractivity contribution in [2.24, 2.45) is 0 Å². The summed E-state index contributed by atoms with van der Waals surface area (Å²) >= 11 is 5.81. The number of nitrogens with zero attached hydrogens (tertiary/aromatic N) is 1. The van der Waals surface area contributed by atoms with Crippen LogP contribution in [-0.4, -0.2) is 9.97 Å². The van der Waals surface area contributed by atoms with Gasteiger partial charge in [-0.3, -0.25) is 4.79 Å². The zero-order valence-corrected chi connectivity index (χ0v) is 9.38. The summed E-state index contributed by atoms with van der Waals surface area (Å²) in [4.78, 5) is 17.6. The third-order valence-corrected chi connectivity index (χ3v) is 2.46. The van der Waals surface area contributed by atoms with Gasteiger partial charge in [-0.25, -0.2) is 4.98 Å². The number of anilines is 2. The molecule has 4 nitrogen and oxygen atoms in total. The van der Waals surface area contributed by atoms with Gasteiger partial charge >= 0.3 is 0 Å². The van der Waals surface area contributed by atoms with Crippen molar-refractivity contribution < 1.29 is 0 Å². The van der Waals surface area contributed by atoms with E-state index in [1.165, 1.54) is 6.33 Å². The molecule has 0 fully saturated rings. The number of H-pyrrole nitrogens is 1. The van der Waals surface area contributed by atoms with E-state index in [-0.39, 0.29) is 10.6 Å². The summed E-state index contributed by atoms with van der Waals surface area (Å²) in [6.45, 7) is 2.00. The Morgan fingerprint density at radius 1 is 1.31 bits per heavy atom. The molecule has 0 radical (unpaired) electrons. The maximum Gasteiger partial charge on any atom is 0.271 e. The summed E-state index contributed by atoms with van der Waals surface area (Å²) in [6, 6.07) is 7.72. The molecule has 1 aromatic carbocycles. The van der Waals surface area contributed by atoms with Crippen LogP contribution in [0, 0.1) is 6.92 Å². The van der Waals surface area contributed by atoms with Crippen molar-refractivity contribution in [3.8, 4) is 0 Å². The molecule has 0 aliphatic heterocycles. The summed E-state index contributed by atoms with van der Waals surface area (Å²) in [5.74, 6) is 0.356. The van der Waals surface area contributed by atoms with E-state index in [2.05, 4.69) is 15.3 Å². The van der Waals surface area contributed by atoms with E-state index < -0.39 is 0 Å². The number of hydrogen-bond acceptors (Lipinski definition) is 3. The standard InChI is InChI=1S/C11H10ClN3O/c1-7-2-4-8(5-3-7)15-10-9(12)11(16)14-6-13-10/h2-6H,1H3,(H2,13,14,15,16). The van der Waals surface area contributed by atoms with Gasteiger partial charge in [0.1, 0.15) is 5.02 Å². The molecule has 2 N–H and O–H groups in total. The van der Waals surface area contributed by atoms with Gasteiger partial charge in [-0.1, -0.05) is 29.3 Å². The molecule has 1 aromatic heterocycles. The Morgan fingerprint density at radius 2 is 2.00 bits per heavy atom. The zero-order valence-electron chi connectivity index (χ0n) is 8.62. The highest BCUT2D eigenvalue weighted by Crippen LogP contribution is 2.19. The minimum absolute atomic E-state index is 0.0584. The second-order valence-corrected chi connectivity index (χ2v) is 3.76. The van der Waals surface area contributed by atoms with Crippen LogP contribution in [0.3, 0.4) is 0 Å². The first-order valence-electron chi connectivity index (χ1n) is 4.73. The van der Waals surface area contributed by atoms with Gasteiger partial charge in [-0.05, 0) is 19.1 Å². The number of benzene rings is 1. The number of rotatable bonds is 2. The topological polar surface area (TPSA) is 57.8 Å². The van der Waals surface area contributed by atoms with Crippen LogP contribution in [0.4, 0.5) is 11.5 Å². The number of nitrogens with one attached hydrogen (secondary N) is 2. The Bertz CT molecular complexity index is 548. The molecule has 0 bridgehead atoms. The van der Waals surface area contributed by atoms with Crippen LogP contribution >= 0.6 is 11.6 Å². The van der Waals surface area contributed by atoms with Crippen LogP contribution < -0.4 is 10.9 Å². The summed E-state index contributed by atoms with van der Waals surface area (Å²) in [5.41, 5.74) is 1.65. The molecule has 0 saturated heterocycles. The lowest BCUT2D eigenvalue weighted by Gasteiger charge is -2.06. The Balaban J connectivity index is 2.30. The molecule has 0 amide bonds. The Morgan fingerprint density at radius 3 is 2.69 bits per heavy atom. The van der Waals surface area contributed by atoms with Gasteiger partial charge in [0.25, 0.3) is 5.56 Å². The minimum atomic E-state index is -0.355. The van der Waals surface area contributed by atoms with Crippen LogP contribution in [-0.2, 0) is 0 Å². The van der Waals surface area contributed by atoms with Crippen LogP contribution in [0.1, 0.15) is 5.56 Å². The van der Waals surface area contributed by atoms with E-state index in [0.29, 0.717) is 5.82 Å². The van der Waals surface area contributed by atoms with Crippen LogP contribution in [0.2, 0.25) is 5.02 Å². The molecule has 2 aromatic rings. The monoisotopic (exact) mass is 235 g/mol. The average molecular weight is 236 g/mol. The van der Waals surface area contributed by atoms with Gasteiger partial charge < -0.3 is 10.3 Å². The van der Waals surface area contributed by atoms with E-state index in [1.807, 2.05) is 31.2 Å². The van der Waals surface area contributed by atoms with Gasteiger partial charge in [0, 0.05) is 5.69 Å². The Labute approximate surface area is 97.3 Å². The highest BCUT2D eigenvalue weighted by atomic mass is 35.5. The first-order chi connectivity index (χ1) is 7.66. The van der Waals surface area contributed by atoms with Crippen molar-refractivity contribution in [1.29, 1.82) is 0 Å². The fourth-order valence-electron chi connectivity index (χ4n) is 1.24. The van der Waals surface area contributed by atoms with Gasteiger partial charge in [0.05, 0.1) is 6.33 Å². The van der Waals surface area contributed by atoms with Crippen molar-refractivity contribution >= 4 is 23.1 Å². The zero-order chi connectivity index (χ0) is 11.5. The molecular formula is C11H10ClN3O. The lowest BCUT2D eigenvalue weighted by Crippen LogP contribution is -2.09. The largest absolute Gasteiger partial charge is 0.339 e. The summed E-state index contributed by atoms with van der Waals surface area (Å²) in [6.07, 6.45) is 1.31. The van der Waals surface area contributed by atoms with Gasteiger partial charge in [-0.15, -0.1) is 0 Å². The van der Waals surface area contributed by atoms with Gasteiger partial charge in [0.15, 0.2) is 5.82 Å². The molecule has 5 heteroatoms. The fraction of sp³-hybridized carbons (Fsp3) is 0.0909. The molecule has 0 spiro atoms. The van der Waals surface area contributed by atoms with E-state index in [0.717, 1.165) is 11.3 Å². The molecule has 0 unspecified atom stereocenters. The lowest BCUT2D eigenvalue weighted by molar-refractivity contribution is 1.12. The molecule has 0 aliphatic rings. The molecule has 0 atom stereocenters. The third kappa shape index (κ3) is 2.23. The summed E-state index contributed by atoms with van der Waals surface area (Å²) in [5, 5.41) is 3.04. The number of hydrogen-bond donors (Lipinski definition) is 2. The van der Waals surface area contributed by atoms with Crippen molar-refractivity contribution in [2.45, 2.75) is 6.92 Å². The first-order valence-corrected chi connectivity index (χ1v) is 5.11. The second-order valence-electron chi connectivity index (χ2n) is 3.39. The maximum atomic E-state index is 11.2. The third-order valence-electron chi connectivity index (χ3n) is 2.11. The smallest absolute Gasteiger partial charge is 0.271 e. The number of aromatic amines is 1. The van der Waals surface area contributed by atoms with E-state index in [4.69, 9.17) is 11.6 Å². The van der Waals surface area contributed by atoms with Crippen molar-refractivity contribution in [1.82, 2.24) is 9.97 Å². The van der Waals surface area contributed by atoms with E-state index >= 15 is 0 Å². The highest BCUT2D eigenvalue weighted by Gasteiger charge is 2.05. The fourth-order valence-corrected chi connectivity index (χ4v) is 1.39. The van der Waals surface area contributed by atoms with E-state index in [9.17, 15) is 4.79 Å². The molecular weight excluding hydrogens is 226 g/mol. The van der Waals surface area contributed by atoms with Crippen LogP contribution in [0.5, 0.6) is 0 Å². The molecule has 0 saturated carbocycles. The summed E-state index contributed by atoms with van der Waals surface area (Å²) in [7, 11) is 0. The molecule has 0 aliphatic carbocycles. The van der Waals surface area contributed by atoms with Crippen molar-refractivity contribution in [2.75, 3.05) is 5.32 Å². The molecule has 82 valence electrons. The molecule has 2 rings (SSSR count). The molecule has 1 heterocycles. The van der Waals surface area contributed by atoms with Crippen LogP contribution in [0.25, 0.3) is 0 Å². The van der Waals surface area contributed by atoms with E-state index in [1.54, 1.807) is 0 Å². The average Bonchev–Trinajstić information content (AvgIpc) is 2.28. The predicted octanol–water partition coefficient (Wildman–Crippen LogP) is 2.48. The van der Waals surface area contributed by atoms with Crippen molar-refractivity contribution in [3.05, 3.63) is 51.5 Å². The Hall–Kier alpha value is -1.81. The second kappa shape index (κ2) is 4.37. The predicted molar refractivity (Wildman–Crippen MR) is 64.3 cm³/mol. The number of aryl methyl sites for hydroxylation is 1. The van der Waals surface area contributed by atoms with Gasteiger partial charge in [0.2, 0.25) is 0 Å². The highest BCUT2D eigenvalue weighted by molar-refractivity contribution is 6.32. The SMILES string of the molecule is Cc1ccc(Nc2nc[nH]c(=O)c2Cl)cc1. The van der Waals surface area contributed by atoms with Crippen LogP contribution in [0.15, 0.2) is 35.4 Å². The molecule has 16 heavy (non-hydrogen) atoms. The summed E-state index contributed by atoms with van der Waals surface area (Å²) < 4.78 is 0. The van der Waals surface area contributed by atoms with Gasteiger partial charge in [-0.2, -0.15) is 0 Å². The normalized spacial score (nSPS) is 10.1. The number of aromatic nitrogens is 2. The first kappa shape index (κ1) is 10.7. The lowest BCUT2D eigenvalue weighted by atomic mass is 10.2. The Kier molecular flexibility index (Phi) is 2.92. The quantitative estimate of drug-likeness (QED) is 0.841. The maximum absolute atomic E-state index is 11.2.